The zero-order valence-corrected chi connectivity index (χ0v) is 48.5. The molecule has 16 heteroatoms. The Morgan fingerprint density at radius 2 is 1.00 bits per heavy atom. The summed E-state index contributed by atoms with van der Waals surface area (Å²) in [6.45, 7) is 8.67. The van der Waals surface area contributed by atoms with E-state index >= 15 is 0 Å². The van der Waals surface area contributed by atoms with Gasteiger partial charge in [0.1, 0.15) is 34.6 Å². The van der Waals surface area contributed by atoms with Gasteiger partial charge in [-0.2, -0.15) is 5.10 Å². The number of para-hydroxylation sites is 2. The molecule has 0 bridgehead atoms. The van der Waals surface area contributed by atoms with Gasteiger partial charge in [-0.15, -0.1) is 0 Å². The zero-order chi connectivity index (χ0) is 58.9. The minimum absolute atomic E-state index is 0.0679. The second kappa shape index (κ2) is 32.6. The fraction of sp³-hybridized carbons (Fsp3) is 0.382. The SMILES string of the molecule is C=CC(=O)OCCCCCCOc1ccc(CC(=O)[C@H]2CC[C@H](C(=O)Oc3ccc(CC(=O)[C@H]4CC[C@H](C(=O)Oc5ccc(OCCCCCCOC(=O)C=C)cc5)CC4)cc3/C=N/N(c3ccccc3)c3nc4ccccc4s3)CC2)cc1. The number of anilines is 2. The van der Waals surface area contributed by atoms with Crippen molar-refractivity contribution in [2.45, 2.75) is 116 Å². The largest absolute Gasteiger partial charge is 0.494 e. The topological polar surface area (TPSA) is 186 Å². The average Bonchev–Trinajstić information content (AvgIpc) is 3.58. The summed E-state index contributed by atoms with van der Waals surface area (Å²) in [6, 6.07) is 37.6. The number of fused-ring (bicyclic) bond motifs is 1. The molecule has 0 aliphatic heterocycles. The first-order chi connectivity index (χ1) is 41.0. The van der Waals surface area contributed by atoms with Crippen LogP contribution in [0.4, 0.5) is 10.8 Å². The van der Waals surface area contributed by atoms with E-state index in [4.69, 9.17) is 38.5 Å². The summed E-state index contributed by atoms with van der Waals surface area (Å²) in [5.74, 6) is -0.231. The van der Waals surface area contributed by atoms with Crippen molar-refractivity contribution in [3.63, 3.8) is 0 Å². The number of Topliss-reactive ketones (excluding diaryl/α,β-unsaturated/α-hetero) is 2. The normalized spacial score (nSPS) is 16.7. The Hall–Kier alpha value is -8.24. The monoisotopic (exact) mass is 1160 g/mol. The van der Waals surface area contributed by atoms with Crippen LogP contribution in [-0.4, -0.2) is 73.1 Å². The Bertz CT molecular complexity index is 3150. The van der Waals surface area contributed by atoms with E-state index in [1.165, 1.54) is 17.4 Å². The number of benzene rings is 5. The van der Waals surface area contributed by atoms with Gasteiger partial charge in [0.05, 0.1) is 60.4 Å². The average molecular weight is 1160 g/mol. The first kappa shape index (κ1) is 61.8. The molecule has 0 N–H and O–H groups in total. The van der Waals surface area contributed by atoms with Crippen molar-refractivity contribution in [2.24, 2.45) is 28.8 Å². The highest BCUT2D eigenvalue weighted by Crippen LogP contribution is 2.36. The third-order valence-corrected chi connectivity index (χ3v) is 16.3. The number of ether oxygens (including phenoxy) is 6. The van der Waals surface area contributed by atoms with Gasteiger partial charge in [-0.1, -0.05) is 73.0 Å². The standard InChI is InChI=1S/C68H75N3O12S/c1-3-64(74)80-42-16-7-5-14-40-78-56-33-22-48(23-34-56)45-60(72)50-27-31-53(32-28-50)67(77)83-62-39-24-49(44-54(62)47-69-71(55-18-10-9-11-19-55)68-70-59-20-12-13-21-63(59)84-68)46-61(73)51-25-29-52(30-26-51)66(76)82-58-37-35-57(36-38-58)79-41-15-6-8-17-43-81-65(75)4-2/h3-4,9-13,18-24,33-39,44,47,50-53H,1-2,5-8,14-17,25-32,40-43,45-46H2/b69-47+/t50-,51-,52-,53-. The highest BCUT2D eigenvalue weighted by Gasteiger charge is 2.33. The molecular weight excluding hydrogens is 1080 g/mol. The van der Waals surface area contributed by atoms with E-state index in [1.807, 2.05) is 91.0 Å². The van der Waals surface area contributed by atoms with Crippen molar-refractivity contribution >= 4 is 74.0 Å². The summed E-state index contributed by atoms with van der Waals surface area (Å²) in [4.78, 5) is 82.1. The van der Waals surface area contributed by atoms with Gasteiger partial charge in [-0.05, 0) is 187 Å². The molecule has 440 valence electrons. The maximum absolute atomic E-state index is 14.0. The number of thiazole rings is 1. The maximum atomic E-state index is 14.0. The van der Waals surface area contributed by atoms with Gasteiger partial charge >= 0.3 is 23.9 Å². The summed E-state index contributed by atoms with van der Waals surface area (Å²) < 4.78 is 34.8. The van der Waals surface area contributed by atoms with E-state index in [-0.39, 0.29) is 47.7 Å². The van der Waals surface area contributed by atoms with Crippen LogP contribution in [0.15, 0.2) is 152 Å². The number of hydrogen-bond acceptors (Lipinski definition) is 16. The van der Waals surface area contributed by atoms with E-state index in [2.05, 4.69) is 13.2 Å². The van der Waals surface area contributed by atoms with Gasteiger partial charge in [0.2, 0.25) is 5.13 Å². The molecule has 0 spiro atoms. The maximum Gasteiger partial charge on any atom is 0.330 e. The summed E-state index contributed by atoms with van der Waals surface area (Å²) >= 11 is 1.50. The Morgan fingerprint density at radius 1 is 0.524 bits per heavy atom. The second-order valence-electron chi connectivity index (χ2n) is 21.3. The number of rotatable bonds is 32. The molecule has 0 atom stereocenters. The Kier molecular flexibility index (Phi) is 24.0. The molecule has 0 unspecified atom stereocenters. The highest BCUT2D eigenvalue weighted by molar-refractivity contribution is 7.22. The molecule has 84 heavy (non-hydrogen) atoms. The molecule has 1 aromatic heterocycles. The summed E-state index contributed by atoms with van der Waals surface area (Å²) in [5.41, 5.74) is 3.78. The van der Waals surface area contributed by atoms with Crippen molar-refractivity contribution in [3.8, 4) is 23.0 Å². The fourth-order valence-electron chi connectivity index (χ4n) is 10.4. The molecule has 0 amide bonds. The molecule has 2 fully saturated rings. The van der Waals surface area contributed by atoms with Gasteiger partial charge in [0.25, 0.3) is 0 Å². The number of ketones is 2. The molecule has 2 aliphatic rings. The molecule has 8 rings (SSSR count). The van der Waals surface area contributed by atoms with Gasteiger partial charge in [-0.3, -0.25) is 19.2 Å². The quantitative estimate of drug-likeness (QED) is 0.00969. The molecular formula is C68H75N3O12S. The van der Waals surface area contributed by atoms with Crippen molar-refractivity contribution < 1.29 is 57.2 Å². The predicted molar refractivity (Wildman–Crippen MR) is 325 cm³/mol. The van der Waals surface area contributed by atoms with Crippen LogP contribution in [0.5, 0.6) is 23.0 Å². The Morgan fingerprint density at radius 3 is 1.56 bits per heavy atom. The summed E-state index contributed by atoms with van der Waals surface area (Å²) in [6.07, 6.45) is 15.9. The number of nitrogens with zero attached hydrogens (tertiary/aromatic N) is 3. The van der Waals surface area contributed by atoms with Crippen LogP contribution in [0.2, 0.25) is 0 Å². The summed E-state index contributed by atoms with van der Waals surface area (Å²) in [7, 11) is 0. The number of aromatic nitrogens is 1. The fourth-order valence-corrected chi connectivity index (χ4v) is 11.4. The van der Waals surface area contributed by atoms with E-state index in [1.54, 1.807) is 41.6 Å². The summed E-state index contributed by atoms with van der Waals surface area (Å²) in [5, 5.41) is 7.37. The van der Waals surface area contributed by atoms with Gasteiger partial charge < -0.3 is 28.4 Å². The lowest BCUT2D eigenvalue weighted by molar-refractivity contribution is -0.141. The van der Waals surface area contributed by atoms with E-state index in [0.29, 0.717) is 112 Å². The number of carbonyl (C=O) groups excluding carboxylic acids is 6. The first-order valence-corrected chi connectivity index (χ1v) is 30.2. The zero-order valence-electron chi connectivity index (χ0n) is 47.7. The number of hydrogen-bond donors (Lipinski definition) is 0. The number of carbonyl (C=O) groups is 6. The predicted octanol–water partition coefficient (Wildman–Crippen LogP) is 13.9. The molecule has 15 nitrogen and oxygen atoms in total. The van der Waals surface area contributed by atoms with Crippen molar-refractivity contribution in [2.75, 3.05) is 31.4 Å². The third-order valence-electron chi connectivity index (χ3n) is 15.3. The number of unbranched alkanes of at least 4 members (excludes halogenated alkanes) is 6. The lowest BCUT2D eigenvalue weighted by atomic mass is 9.79. The van der Waals surface area contributed by atoms with Crippen LogP contribution in [0.25, 0.3) is 10.2 Å². The van der Waals surface area contributed by atoms with Gasteiger partial charge in [0, 0.05) is 42.4 Å². The van der Waals surface area contributed by atoms with Crippen LogP contribution in [0.3, 0.4) is 0 Å². The molecule has 5 aromatic carbocycles. The lowest BCUT2D eigenvalue weighted by Crippen LogP contribution is -2.29. The number of hydrazone groups is 1. The minimum Gasteiger partial charge on any atom is -0.494 e. The molecule has 0 radical (unpaired) electrons. The third kappa shape index (κ3) is 19.2. The molecule has 1 heterocycles. The minimum atomic E-state index is -0.409. The van der Waals surface area contributed by atoms with E-state index in [0.717, 1.165) is 90.2 Å². The lowest BCUT2D eigenvalue weighted by Gasteiger charge is -2.27. The molecule has 0 saturated heterocycles. The van der Waals surface area contributed by atoms with Crippen molar-refractivity contribution in [3.05, 3.63) is 163 Å². The van der Waals surface area contributed by atoms with Gasteiger partial charge in [-0.25, -0.2) is 19.6 Å². The Balaban J connectivity index is 0.840. The second-order valence-corrected chi connectivity index (χ2v) is 22.3. The Labute approximate surface area is 496 Å². The van der Waals surface area contributed by atoms with Gasteiger partial charge in [0.15, 0.2) is 0 Å². The highest BCUT2D eigenvalue weighted by atomic mass is 32.1. The number of esters is 4. The van der Waals surface area contributed by atoms with Crippen LogP contribution in [0.1, 0.15) is 119 Å². The van der Waals surface area contributed by atoms with Crippen molar-refractivity contribution in [1.29, 1.82) is 0 Å². The molecule has 2 saturated carbocycles. The smallest absolute Gasteiger partial charge is 0.330 e. The molecule has 2 aliphatic carbocycles. The van der Waals surface area contributed by atoms with Crippen molar-refractivity contribution in [1.82, 2.24) is 4.98 Å². The van der Waals surface area contributed by atoms with E-state index < -0.39 is 17.9 Å². The van der Waals surface area contributed by atoms with Crippen LogP contribution < -0.4 is 24.0 Å². The van der Waals surface area contributed by atoms with E-state index in [9.17, 15) is 28.8 Å². The van der Waals surface area contributed by atoms with Crippen LogP contribution >= 0.6 is 11.3 Å². The van der Waals surface area contributed by atoms with Crippen LogP contribution in [-0.2, 0) is 51.1 Å². The first-order valence-electron chi connectivity index (χ1n) is 29.4. The van der Waals surface area contributed by atoms with Crippen LogP contribution in [0, 0.1) is 23.7 Å². The molecule has 6 aromatic rings.